The molecule has 1 N–H and O–H groups in total. The Kier molecular flexibility index (Phi) is 5.29. The van der Waals surface area contributed by atoms with Gasteiger partial charge in [-0.05, 0) is 48.7 Å². The van der Waals surface area contributed by atoms with E-state index in [1.807, 2.05) is 37.3 Å². The fraction of sp³-hybridized carbons (Fsp3) is 0.316. The highest BCUT2D eigenvalue weighted by atomic mass is 32.2. The van der Waals surface area contributed by atoms with Gasteiger partial charge in [0.15, 0.2) is 0 Å². The Balaban J connectivity index is 1.64. The van der Waals surface area contributed by atoms with Crippen molar-refractivity contribution >= 4 is 21.8 Å². The summed E-state index contributed by atoms with van der Waals surface area (Å²) in [7, 11) is -3.64. The van der Waals surface area contributed by atoms with Gasteiger partial charge in [0, 0.05) is 12.2 Å². The molecule has 0 spiro atoms. The maximum absolute atomic E-state index is 12.4. The summed E-state index contributed by atoms with van der Waals surface area (Å²) in [6.45, 7) is 4.24. The van der Waals surface area contributed by atoms with Gasteiger partial charge in [-0.15, -0.1) is 0 Å². The lowest BCUT2D eigenvalue weighted by Gasteiger charge is -2.13. The Morgan fingerprint density at radius 1 is 1.19 bits per heavy atom. The maximum atomic E-state index is 12.4. The van der Waals surface area contributed by atoms with E-state index in [4.69, 9.17) is 4.74 Å². The molecule has 1 fully saturated rings. The van der Waals surface area contributed by atoms with E-state index in [-0.39, 0.29) is 11.4 Å². The Morgan fingerprint density at radius 3 is 2.58 bits per heavy atom. The number of ether oxygens (including phenoxy) is 1. The molecule has 1 aliphatic heterocycles. The molecule has 0 radical (unpaired) electrons. The molecule has 1 atom stereocenters. The van der Waals surface area contributed by atoms with E-state index in [2.05, 4.69) is 11.6 Å². The van der Waals surface area contributed by atoms with Gasteiger partial charge < -0.3 is 4.74 Å². The molecular weight excluding hydrogens is 352 g/mol. The van der Waals surface area contributed by atoms with Gasteiger partial charge in [0.1, 0.15) is 6.10 Å². The van der Waals surface area contributed by atoms with Gasteiger partial charge >= 0.3 is 6.09 Å². The van der Waals surface area contributed by atoms with E-state index in [1.54, 1.807) is 12.1 Å². The molecule has 2 aromatic rings. The average molecular weight is 374 g/mol. The highest BCUT2D eigenvalue weighted by Gasteiger charge is 2.33. The molecule has 1 aliphatic rings. The zero-order valence-electron chi connectivity index (χ0n) is 14.8. The van der Waals surface area contributed by atoms with Crippen molar-refractivity contribution in [1.82, 2.24) is 4.72 Å². The van der Waals surface area contributed by atoms with Crippen molar-refractivity contribution in [3.8, 4) is 0 Å². The lowest BCUT2D eigenvalue weighted by atomic mass is 10.1. The van der Waals surface area contributed by atoms with Crippen LogP contribution in [0.2, 0.25) is 0 Å². The molecule has 26 heavy (non-hydrogen) atoms. The minimum atomic E-state index is -3.64. The van der Waals surface area contributed by atoms with Crippen molar-refractivity contribution in [2.45, 2.75) is 31.3 Å². The number of amides is 1. The van der Waals surface area contributed by atoms with E-state index in [9.17, 15) is 13.2 Å². The fourth-order valence-electron chi connectivity index (χ4n) is 2.82. The lowest BCUT2D eigenvalue weighted by Crippen LogP contribution is -2.34. The second-order valence-corrected chi connectivity index (χ2v) is 8.07. The molecule has 0 aromatic heterocycles. The third kappa shape index (κ3) is 4.05. The summed E-state index contributed by atoms with van der Waals surface area (Å²) in [6.07, 6.45) is -0.0735. The van der Waals surface area contributed by atoms with Crippen LogP contribution in [0.4, 0.5) is 10.5 Å². The first-order chi connectivity index (χ1) is 12.4. The zero-order valence-corrected chi connectivity index (χ0v) is 15.6. The van der Waals surface area contributed by atoms with Crippen molar-refractivity contribution in [2.24, 2.45) is 0 Å². The van der Waals surface area contributed by atoms with E-state index < -0.39 is 22.2 Å². The van der Waals surface area contributed by atoms with Crippen molar-refractivity contribution in [2.75, 3.05) is 18.0 Å². The number of carbonyl (C=O) groups excluding carboxylic acids is 1. The van der Waals surface area contributed by atoms with Gasteiger partial charge in [0.25, 0.3) is 0 Å². The van der Waals surface area contributed by atoms with Crippen LogP contribution in [0.15, 0.2) is 53.4 Å². The summed E-state index contributed by atoms with van der Waals surface area (Å²) in [5.41, 5.74) is 2.79. The van der Waals surface area contributed by atoms with Crippen LogP contribution in [0.3, 0.4) is 0 Å². The number of rotatable bonds is 6. The molecule has 0 aliphatic carbocycles. The summed E-state index contributed by atoms with van der Waals surface area (Å²) >= 11 is 0. The van der Waals surface area contributed by atoms with Gasteiger partial charge in [0.2, 0.25) is 10.0 Å². The average Bonchev–Trinajstić information content (AvgIpc) is 3.01. The molecule has 0 saturated carbocycles. The smallest absolute Gasteiger partial charge is 0.414 e. The van der Waals surface area contributed by atoms with Crippen molar-refractivity contribution in [3.05, 3.63) is 59.7 Å². The number of nitrogens with one attached hydrogen (secondary N) is 1. The number of anilines is 1. The van der Waals surface area contributed by atoms with Crippen molar-refractivity contribution in [1.29, 1.82) is 0 Å². The Morgan fingerprint density at radius 2 is 1.92 bits per heavy atom. The van der Waals surface area contributed by atoms with Crippen molar-refractivity contribution in [3.63, 3.8) is 0 Å². The SMILES string of the molecule is CCc1ccc(N2CC(CNS(=O)(=O)c3cccc(C)c3)OC2=O)cc1. The molecule has 1 amide bonds. The molecular formula is C19H22N2O4S. The summed E-state index contributed by atoms with van der Waals surface area (Å²) in [4.78, 5) is 13.8. The topological polar surface area (TPSA) is 75.7 Å². The zero-order chi connectivity index (χ0) is 18.7. The van der Waals surface area contributed by atoms with E-state index in [0.717, 1.165) is 17.7 Å². The van der Waals surface area contributed by atoms with Crippen LogP contribution in [0, 0.1) is 6.92 Å². The molecule has 1 heterocycles. The summed E-state index contributed by atoms with van der Waals surface area (Å²) in [6, 6.07) is 14.4. The van der Waals surface area contributed by atoms with Crippen LogP contribution in [-0.2, 0) is 21.2 Å². The molecule has 138 valence electrons. The van der Waals surface area contributed by atoms with Gasteiger partial charge in [-0.3, -0.25) is 4.90 Å². The minimum absolute atomic E-state index is 0.0333. The first-order valence-electron chi connectivity index (χ1n) is 8.52. The molecule has 6 nitrogen and oxygen atoms in total. The predicted octanol–water partition coefficient (Wildman–Crippen LogP) is 2.86. The molecule has 7 heteroatoms. The van der Waals surface area contributed by atoms with Crippen LogP contribution in [0.5, 0.6) is 0 Å². The standard InChI is InChI=1S/C19H22N2O4S/c1-3-15-7-9-16(10-8-15)21-13-17(25-19(21)22)12-20-26(23,24)18-6-4-5-14(2)11-18/h4-11,17,20H,3,12-13H2,1-2H3. The quantitative estimate of drug-likeness (QED) is 0.844. The van der Waals surface area contributed by atoms with Gasteiger partial charge in [-0.2, -0.15) is 0 Å². The Bertz CT molecular complexity index is 894. The normalized spacial score (nSPS) is 17.4. The Labute approximate surface area is 153 Å². The minimum Gasteiger partial charge on any atom is -0.443 e. The van der Waals surface area contributed by atoms with E-state index in [0.29, 0.717) is 6.54 Å². The van der Waals surface area contributed by atoms with Crippen molar-refractivity contribution < 1.29 is 17.9 Å². The number of hydrogen-bond acceptors (Lipinski definition) is 4. The first kappa shape index (κ1) is 18.4. The number of sulfonamides is 1. The highest BCUT2D eigenvalue weighted by Crippen LogP contribution is 2.22. The predicted molar refractivity (Wildman–Crippen MR) is 99.8 cm³/mol. The largest absolute Gasteiger partial charge is 0.443 e. The van der Waals surface area contributed by atoms with E-state index >= 15 is 0 Å². The van der Waals surface area contributed by atoms with Gasteiger partial charge in [-0.25, -0.2) is 17.9 Å². The van der Waals surface area contributed by atoms with Gasteiger partial charge in [-0.1, -0.05) is 31.2 Å². The molecule has 2 aromatic carbocycles. The molecule has 3 rings (SSSR count). The number of hydrogen-bond donors (Lipinski definition) is 1. The van der Waals surface area contributed by atoms with Crippen LogP contribution in [0.1, 0.15) is 18.1 Å². The number of benzene rings is 2. The molecule has 1 saturated heterocycles. The summed E-state index contributed by atoms with van der Waals surface area (Å²) in [5, 5.41) is 0. The highest BCUT2D eigenvalue weighted by molar-refractivity contribution is 7.89. The van der Waals surface area contributed by atoms with E-state index in [1.165, 1.54) is 16.5 Å². The third-order valence-electron chi connectivity index (χ3n) is 4.33. The second kappa shape index (κ2) is 7.47. The van der Waals surface area contributed by atoms with Crippen LogP contribution >= 0.6 is 0 Å². The summed E-state index contributed by atoms with van der Waals surface area (Å²) < 4.78 is 32.6. The monoisotopic (exact) mass is 374 g/mol. The fourth-order valence-corrected chi connectivity index (χ4v) is 3.99. The maximum Gasteiger partial charge on any atom is 0.414 e. The molecule has 0 bridgehead atoms. The van der Waals surface area contributed by atoms with Gasteiger partial charge in [0.05, 0.1) is 11.4 Å². The number of carbonyl (C=O) groups is 1. The Hall–Kier alpha value is -2.38. The van der Waals surface area contributed by atoms with Crippen LogP contribution in [0.25, 0.3) is 0 Å². The lowest BCUT2D eigenvalue weighted by molar-refractivity contribution is 0.143. The molecule has 1 unspecified atom stereocenters. The third-order valence-corrected chi connectivity index (χ3v) is 5.75. The van der Waals surface area contributed by atoms with Crippen LogP contribution < -0.4 is 9.62 Å². The number of aryl methyl sites for hydroxylation is 2. The first-order valence-corrected chi connectivity index (χ1v) is 10.0. The number of nitrogens with zero attached hydrogens (tertiary/aromatic N) is 1. The van der Waals surface area contributed by atoms with Crippen LogP contribution in [-0.4, -0.2) is 33.7 Å². The second-order valence-electron chi connectivity index (χ2n) is 6.30. The number of cyclic esters (lactones) is 1. The summed E-state index contributed by atoms with van der Waals surface area (Å²) in [5.74, 6) is 0.